The molecule has 1 aliphatic carbocycles. The first kappa shape index (κ1) is 18.5. The van der Waals surface area contributed by atoms with Gasteiger partial charge in [0.05, 0.1) is 24.0 Å². The Morgan fingerprint density at radius 3 is 2.38 bits per heavy atom. The van der Waals surface area contributed by atoms with Gasteiger partial charge in [0.2, 0.25) is 0 Å². The third-order valence-electron chi connectivity index (χ3n) is 5.22. The fourth-order valence-corrected chi connectivity index (χ4v) is 3.71. The number of benzene rings is 1. The maximum atomic E-state index is 12.2. The van der Waals surface area contributed by atoms with Gasteiger partial charge in [-0.3, -0.25) is 5.32 Å². The van der Waals surface area contributed by atoms with Crippen molar-refractivity contribution in [1.82, 2.24) is 5.32 Å². The Balaban J connectivity index is 1.52. The van der Waals surface area contributed by atoms with Crippen LogP contribution in [0.5, 0.6) is 0 Å². The summed E-state index contributed by atoms with van der Waals surface area (Å²) in [4.78, 5) is 2.05. The summed E-state index contributed by atoms with van der Waals surface area (Å²) in [5, 5.41) is 19.4. The molecule has 3 rings (SSSR count). The molecule has 1 aliphatic rings. The zero-order valence-electron chi connectivity index (χ0n) is 16.0. The molecule has 0 unspecified atom stereocenters. The van der Waals surface area contributed by atoms with E-state index in [2.05, 4.69) is 41.0 Å². The summed E-state index contributed by atoms with van der Waals surface area (Å²) < 4.78 is 0.960. The van der Waals surface area contributed by atoms with Gasteiger partial charge >= 0.3 is 0 Å². The van der Waals surface area contributed by atoms with Crippen LogP contribution in [0.4, 0.5) is 11.5 Å². The molecule has 0 amide bonds. The first-order valence-corrected chi connectivity index (χ1v) is 9.48. The monoisotopic (exact) mass is 354 g/mol. The van der Waals surface area contributed by atoms with Gasteiger partial charge in [0.1, 0.15) is 0 Å². The Hall–Kier alpha value is -2.27. The van der Waals surface area contributed by atoms with Crippen molar-refractivity contribution in [2.24, 2.45) is 0 Å². The highest BCUT2D eigenvalue weighted by molar-refractivity contribution is 5.55. The minimum atomic E-state index is 0.364. The van der Waals surface area contributed by atoms with E-state index < -0.39 is 0 Å². The largest absolute Gasteiger partial charge is 0.711 e. The molecular weight excluding hydrogens is 324 g/mol. The Morgan fingerprint density at radius 2 is 1.73 bits per heavy atom. The van der Waals surface area contributed by atoms with Crippen LogP contribution in [-0.2, 0) is 6.54 Å². The second-order valence-corrected chi connectivity index (χ2v) is 7.51. The molecule has 0 radical (unpaired) electrons. The molecule has 1 aromatic carbocycles. The van der Waals surface area contributed by atoms with Gasteiger partial charge in [-0.1, -0.05) is 30.3 Å². The van der Waals surface area contributed by atoms with Gasteiger partial charge in [-0.05, 0) is 38.2 Å². The summed E-state index contributed by atoms with van der Waals surface area (Å²) in [5.41, 5.74) is 3.40. The smallest absolute Gasteiger partial charge is 0.279 e. The molecule has 140 valence electrons. The maximum absolute atomic E-state index is 12.2. The quantitative estimate of drug-likeness (QED) is 0.618. The van der Waals surface area contributed by atoms with Gasteiger partial charge in [0, 0.05) is 32.2 Å². The summed E-state index contributed by atoms with van der Waals surface area (Å²) in [7, 11) is 4.01. The molecule has 1 heterocycles. The molecule has 0 spiro atoms. The van der Waals surface area contributed by atoms with E-state index in [0.717, 1.165) is 48.2 Å². The summed E-state index contributed by atoms with van der Waals surface area (Å²) >= 11 is 0. The van der Waals surface area contributed by atoms with Crippen molar-refractivity contribution in [3.63, 3.8) is 0 Å². The average Bonchev–Trinajstić information content (AvgIpc) is 2.64. The number of nitrogens with one attached hydrogen (secondary N) is 2. The molecule has 5 heteroatoms. The zero-order valence-corrected chi connectivity index (χ0v) is 16.0. The van der Waals surface area contributed by atoms with E-state index in [1.165, 1.54) is 5.56 Å². The minimum absolute atomic E-state index is 0.364. The average molecular weight is 354 g/mol. The van der Waals surface area contributed by atoms with Crippen molar-refractivity contribution in [3.8, 4) is 0 Å². The van der Waals surface area contributed by atoms with Gasteiger partial charge in [-0.25, -0.2) is 4.73 Å². The van der Waals surface area contributed by atoms with Crippen LogP contribution in [0.25, 0.3) is 0 Å². The standard InChI is InChI=1S/C21H30N4O/c1-16-15-25(26)21(13-20(16)24(2)3)23-19-11-9-18(10-12-19)22-14-17-7-5-4-6-8-17/h4-8,13,15,18-19,22-23H,9-12,14H2,1-3H3/t18-,19+. The number of nitrogens with zero attached hydrogens (tertiary/aromatic N) is 2. The van der Waals surface area contributed by atoms with Crippen molar-refractivity contribution in [2.75, 3.05) is 24.3 Å². The predicted molar refractivity (Wildman–Crippen MR) is 107 cm³/mol. The van der Waals surface area contributed by atoms with E-state index in [1.54, 1.807) is 6.20 Å². The first-order chi connectivity index (χ1) is 12.5. The van der Waals surface area contributed by atoms with E-state index in [4.69, 9.17) is 0 Å². The Bertz CT molecular complexity index is 709. The number of hydrogen-bond acceptors (Lipinski definition) is 4. The van der Waals surface area contributed by atoms with Crippen LogP contribution in [0.15, 0.2) is 42.6 Å². The molecule has 1 aromatic heterocycles. The summed E-state index contributed by atoms with van der Waals surface area (Å²) in [6.45, 7) is 2.89. The Labute approximate surface area is 156 Å². The lowest BCUT2D eigenvalue weighted by Crippen LogP contribution is -2.40. The van der Waals surface area contributed by atoms with Crippen LogP contribution >= 0.6 is 0 Å². The number of rotatable bonds is 6. The molecule has 5 nitrogen and oxygen atoms in total. The molecule has 26 heavy (non-hydrogen) atoms. The molecular formula is C21H30N4O. The second-order valence-electron chi connectivity index (χ2n) is 7.51. The first-order valence-electron chi connectivity index (χ1n) is 9.48. The van der Waals surface area contributed by atoms with Crippen molar-refractivity contribution in [3.05, 3.63) is 58.9 Å². The molecule has 0 aliphatic heterocycles. The molecule has 0 bridgehead atoms. The molecule has 2 aromatic rings. The van der Waals surface area contributed by atoms with Crippen LogP contribution in [0.2, 0.25) is 0 Å². The highest BCUT2D eigenvalue weighted by Crippen LogP contribution is 2.24. The Morgan fingerprint density at radius 1 is 1.08 bits per heavy atom. The number of pyridine rings is 1. The highest BCUT2D eigenvalue weighted by atomic mass is 16.5. The second kappa shape index (κ2) is 8.41. The van der Waals surface area contributed by atoms with Crippen LogP contribution in [-0.4, -0.2) is 26.2 Å². The van der Waals surface area contributed by atoms with Gasteiger partial charge < -0.3 is 15.4 Å². The van der Waals surface area contributed by atoms with E-state index in [1.807, 2.05) is 32.0 Å². The summed E-state index contributed by atoms with van der Waals surface area (Å²) in [5.74, 6) is 0.653. The summed E-state index contributed by atoms with van der Waals surface area (Å²) in [6, 6.07) is 13.4. The molecule has 2 N–H and O–H groups in total. The number of aromatic nitrogens is 1. The topological polar surface area (TPSA) is 54.2 Å². The van der Waals surface area contributed by atoms with Gasteiger partial charge in [0.15, 0.2) is 0 Å². The normalized spacial score (nSPS) is 20.0. The molecule has 0 saturated heterocycles. The highest BCUT2D eigenvalue weighted by Gasteiger charge is 2.24. The summed E-state index contributed by atoms with van der Waals surface area (Å²) in [6.07, 6.45) is 6.09. The van der Waals surface area contributed by atoms with E-state index in [9.17, 15) is 5.21 Å². The van der Waals surface area contributed by atoms with Crippen LogP contribution < -0.4 is 20.3 Å². The van der Waals surface area contributed by atoms with Crippen LogP contribution in [0.1, 0.15) is 36.8 Å². The van der Waals surface area contributed by atoms with Crippen molar-refractivity contribution < 1.29 is 4.73 Å². The maximum Gasteiger partial charge on any atom is 0.279 e. The van der Waals surface area contributed by atoms with Crippen molar-refractivity contribution in [2.45, 2.75) is 51.2 Å². The van der Waals surface area contributed by atoms with E-state index in [-0.39, 0.29) is 0 Å². The number of aryl methyl sites for hydroxylation is 1. The third kappa shape index (κ3) is 4.67. The molecule has 1 saturated carbocycles. The lowest BCUT2D eigenvalue weighted by Gasteiger charge is -2.28. The molecule has 0 atom stereocenters. The van der Waals surface area contributed by atoms with Gasteiger partial charge in [-0.2, -0.15) is 0 Å². The van der Waals surface area contributed by atoms with Crippen molar-refractivity contribution >= 4 is 11.5 Å². The predicted octanol–water partition coefficient (Wildman–Crippen LogP) is 3.21. The lowest BCUT2D eigenvalue weighted by atomic mass is 9.91. The van der Waals surface area contributed by atoms with Gasteiger partial charge in [0.25, 0.3) is 5.82 Å². The minimum Gasteiger partial charge on any atom is -0.711 e. The van der Waals surface area contributed by atoms with Crippen molar-refractivity contribution in [1.29, 1.82) is 0 Å². The van der Waals surface area contributed by atoms with Crippen LogP contribution in [0, 0.1) is 12.1 Å². The number of anilines is 2. The van der Waals surface area contributed by atoms with Crippen LogP contribution in [0.3, 0.4) is 0 Å². The third-order valence-corrected chi connectivity index (χ3v) is 5.22. The number of hydrogen-bond donors (Lipinski definition) is 2. The lowest BCUT2D eigenvalue weighted by molar-refractivity contribution is -0.590. The molecule has 1 fully saturated rings. The van der Waals surface area contributed by atoms with E-state index in [0.29, 0.717) is 17.9 Å². The van der Waals surface area contributed by atoms with E-state index >= 15 is 0 Å². The Kier molecular flexibility index (Phi) is 5.99. The fourth-order valence-electron chi connectivity index (χ4n) is 3.71. The fraction of sp³-hybridized carbons (Fsp3) is 0.476. The SMILES string of the molecule is Cc1c[n+]([O-])c(N[C@H]2CC[C@@H](NCc3ccccc3)CC2)cc1N(C)C. The zero-order chi connectivity index (χ0) is 18.5. The van der Waals surface area contributed by atoms with Gasteiger partial charge in [-0.15, -0.1) is 0 Å².